The largest absolute Gasteiger partial charge is 0.489 e. The van der Waals surface area contributed by atoms with Crippen LogP contribution in [-0.4, -0.2) is 43.7 Å². The van der Waals surface area contributed by atoms with Gasteiger partial charge in [-0.3, -0.25) is 0 Å². The Kier molecular flexibility index (Phi) is 6.48. The zero-order valence-electron chi connectivity index (χ0n) is 12.8. The fraction of sp³-hybridized carbons (Fsp3) is 0.562. The Morgan fingerprint density at radius 3 is 2.95 bits per heavy atom. The predicted molar refractivity (Wildman–Crippen MR) is 82.6 cm³/mol. The maximum absolute atomic E-state index is 11.0. The van der Waals surface area contributed by atoms with Gasteiger partial charge in [0, 0.05) is 13.2 Å². The summed E-state index contributed by atoms with van der Waals surface area (Å²) in [4.78, 5) is 11.0. The Hall–Kier alpha value is -1.79. The lowest BCUT2D eigenvalue weighted by Crippen LogP contribution is -2.24. The van der Waals surface area contributed by atoms with Gasteiger partial charge in [-0.15, -0.1) is 0 Å². The van der Waals surface area contributed by atoms with Crippen LogP contribution in [0, 0.1) is 0 Å². The van der Waals surface area contributed by atoms with Gasteiger partial charge in [0.05, 0.1) is 17.9 Å². The van der Waals surface area contributed by atoms with Gasteiger partial charge in [-0.1, -0.05) is 0 Å². The highest BCUT2D eigenvalue weighted by molar-refractivity contribution is 5.89. The van der Waals surface area contributed by atoms with Gasteiger partial charge in [-0.05, 0) is 44.4 Å². The number of ether oxygens (including phenoxy) is 3. The van der Waals surface area contributed by atoms with Crippen LogP contribution in [-0.2, 0) is 9.47 Å². The van der Waals surface area contributed by atoms with E-state index in [1.54, 1.807) is 12.1 Å². The molecule has 1 fully saturated rings. The van der Waals surface area contributed by atoms with Gasteiger partial charge in [-0.2, -0.15) is 0 Å². The fourth-order valence-corrected chi connectivity index (χ4v) is 2.29. The molecule has 0 aromatic heterocycles. The number of nitrogens with one attached hydrogen (secondary N) is 1. The molecule has 1 heterocycles. The van der Waals surface area contributed by atoms with E-state index >= 15 is 0 Å². The molecule has 0 spiro atoms. The Labute approximate surface area is 130 Å². The maximum Gasteiger partial charge on any atom is 0.335 e. The van der Waals surface area contributed by atoms with Gasteiger partial charge in [0.15, 0.2) is 6.29 Å². The predicted octanol–water partition coefficient (Wildman–Crippen LogP) is 2.74. The molecule has 0 aliphatic carbocycles. The van der Waals surface area contributed by atoms with Crippen LogP contribution in [0.1, 0.15) is 36.5 Å². The second-order valence-electron chi connectivity index (χ2n) is 5.06. The van der Waals surface area contributed by atoms with E-state index in [-0.39, 0.29) is 11.9 Å². The summed E-state index contributed by atoms with van der Waals surface area (Å²) in [5, 5.41) is 12.2. The number of carbonyl (C=O) groups is 1. The SMILES string of the molecule is CCNc1ccc(C(=O)O)cc1OCCOC1CCCCO1. The highest BCUT2D eigenvalue weighted by atomic mass is 16.7. The van der Waals surface area contributed by atoms with Gasteiger partial charge in [-0.25, -0.2) is 4.79 Å². The van der Waals surface area contributed by atoms with Gasteiger partial charge >= 0.3 is 5.97 Å². The molecule has 1 atom stereocenters. The van der Waals surface area contributed by atoms with E-state index in [1.165, 1.54) is 6.07 Å². The van der Waals surface area contributed by atoms with Crippen LogP contribution in [0.15, 0.2) is 18.2 Å². The van der Waals surface area contributed by atoms with Crippen LogP contribution >= 0.6 is 0 Å². The number of anilines is 1. The van der Waals surface area contributed by atoms with Crippen molar-refractivity contribution in [2.45, 2.75) is 32.5 Å². The van der Waals surface area contributed by atoms with Gasteiger partial charge in [0.25, 0.3) is 0 Å². The maximum atomic E-state index is 11.0. The normalized spacial score (nSPS) is 18.0. The molecule has 2 rings (SSSR count). The lowest BCUT2D eigenvalue weighted by molar-refractivity contribution is -0.165. The molecule has 0 bridgehead atoms. The van der Waals surface area contributed by atoms with Crippen LogP contribution in [0.5, 0.6) is 5.75 Å². The van der Waals surface area contributed by atoms with Crippen molar-refractivity contribution in [1.29, 1.82) is 0 Å². The molecule has 2 N–H and O–H groups in total. The molecule has 0 saturated carbocycles. The first-order valence-electron chi connectivity index (χ1n) is 7.68. The van der Waals surface area contributed by atoms with Crippen LogP contribution in [0.3, 0.4) is 0 Å². The van der Waals surface area contributed by atoms with Crippen molar-refractivity contribution in [3.8, 4) is 5.75 Å². The molecule has 0 radical (unpaired) electrons. The standard InChI is InChI=1S/C16H23NO5/c1-2-17-13-7-6-12(16(18)19)11-14(13)20-9-10-22-15-5-3-4-8-21-15/h6-7,11,15,17H,2-5,8-10H2,1H3,(H,18,19). The minimum atomic E-state index is -0.972. The average molecular weight is 309 g/mol. The molecule has 1 aliphatic rings. The summed E-state index contributed by atoms with van der Waals surface area (Å²) in [5.74, 6) is -0.449. The molecule has 1 saturated heterocycles. The molecule has 22 heavy (non-hydrogen) atoms. The fourth-order valence-electron chi connectivity index (χ4n) is 2.29. The topological polar surface area (TPSA) is 77.0 Å². The van der Waals surface area contributed by atoms with Crippen molar-refractivity contribution in [1.82, 2.24) is 0 Å². The van der Waals surface area contributed by atoms with Crippen molar-refractivity contribution in [2.24, 2.45) is 0 Å². The van der Waals surface area contributed by atoms with Crippen LogP contribution < -0.4 is 10.1 Å². The molecule has 122 valence electrons. The summed E-state index contributed by atoms with van der Waals surface area (Å²) < 4.78 is 16.7. The molecule has 1 aromatic rings. The third-order valence-corrected chi connectivity index (χ3v) is 3.38. The summed E-state index contributed by atoms with van der Waals surface area (Å²) in [6.07, 6.45) is 2.98. The monoisotopic (exact) mass is 309 g/mol. The third kappa shape index (κ3) is 4.89. The van der Waals surface area contributed by atoms with Gasteiger partial charge in [0.2, 0.25) is 0 Å². The quantitative estimate of drug-likeness (QED) is 0.719. The van der Waals surface area contributed by atoms with E-state index in [9.17, 15) is 4.79 Å². The Morgan fingerprint density at radius 2 is 2.27 bits per heavy atom. The first-order valence-corrected chi connectivity index (χ1v) is 7.68. The molecule has 1 aliphatic heterocycles. The molecule has 0 amide bonds. The van der Waals surface area contributed by atoms with Crippen LogP contribution in [0.2, 0.25) is 0 Å². The summed E-state index contributed by atoms with van der Waals surface area (Å²) in [6.45, 7) is 4.21. The number of benzene rings is 1. The first-order chi connectivity index (χ1) is 10.7. The van der Waals surface area contributed by atoms with E-state index in [0.717, 1.165) is 38.1 Å². The van der Waals surface area contributed by atoms with E-state index in [2.05, 4.69) is 5.32 Å². The molecule has 6 nitrogen and oxygen atoms in total. The number of carboxylic acids is 1. The van der Waals surface area contributed by atoms with Crippen molar-refractivity contribution < 1.29 is 24.1 Å². The van der Waals surface area contributed by atoms with Crippen LogP contribution in [0.25, 0.3) is 0 Å². The van der Waals surface area contributed by atoms with E-state index in [1.807, 2.05) is 6.92 Å². The summed E-state index contributed by atoms with van der Waals surface area (Å²) >= 11 is 0. The second kappa shape index (κ2) is 8.60. The van der Waals surface area contributed by atoms with E-state index < -0.39 is 5.97 Å². The number of rotatable bonds is 8. The lowest BCUT2D eigenvalue weighted by Gasteiger charge is -2.22. The van der Waals surface area contributed by atoms with Crippen LogP contribution in [0.4, 0.5) is 5.69 Å². The summed E-state index contributed by atoms with van der Waals surface area (Å²) in [5.41, 5.74) is 0.981. The van der Waals surface area contributed by atoms with Gasteiger partial charge < -0.3 is 24.6 Å². The summed E-state index contributed by atoms with van der Waals surface area (Å²) in [7, 11) is 0. The van der Waals surface area contributed by atoms with E-state index in [4.69, 9.17) is 19.3 Å². The smallest absolute Gasteiger partial charge is 0.335 e. The minimum absolute atomic E-state index is 0.143. The Bertz CT molecular complexity index is 485. The second-order valence-corrected chi connectivity index (χ2v) is 5.06. The molecular formula is C16H23NO5. The number of aromatic carboxylic acids is 1. The van der Waals surface area contributed by atoms with Gasteiger partial charge in [0.1, 0.15) is 12.4 Å². The molecular weight excluding hydrogens is 286 g/mol. The highest BCUT2D eigenvalue weighted by Gasteiger charge is 2.14. The zero-order valence-corrected chi connectivity index (χ0v) is 12.8. The van der Waals surface area contributed by atoms with Crippen molar-refractivity contribution in [3.05, 3.63) is 23.8 Å². The van der Waals surface area contributed by atoms with Crippen molar-refractivity contribution in [3.63, 3.8) is 0 Å². The van der Waals surface area contributed by atoms with Crippen molar-refractivity contribution >= 4 is 11.7 Å². The van der Waals surface area contributed by atoms with Crippen molar-refractivity contribution in [2.75, 3.05) is 31.7 Å². The molecule has 1 aromatic carbocycles. The average Bonchev–Trinajstić information content (AvgIpc) is 2.54. The lowest BCUT2D eigenvalue weighted by atomic mass is 10.2. The first kappa shape index (κ1) is 16.6. The summed E-state index contributed by atoms with van der Waals surface area (Å²) in [6, 6.07) is 4.80. The molecule has 6 heteroatoms. The zero-order chi connectivity index (χ0) is 15.8. The highest BCUT2D eigenvalue weighted by Crippen LogP contribution is 2.26. The third-order valence-electron chi connectivity index (χ3n) is 3.38. The minimum Gasteiger partial charge on any atom is -0.489 e. The Morgan fingerprint density at radius 1 is 1.41 bits per heavy atom. The number of hydrogen-bond acceptors (Lipinski definition) is 5. The number of hydrogen-bond donors (Lipinski definition) is 2. The number of carboxylic acid groups (broad SMARTS) is 1. The van der Waals surface area contributed by atoms with E-state index in [0.29, 0.717) is 19.0 Å². The molecule has 1 unspecified atom stereocenters. The Balaban J connectivity index is 1.86.